The molecule has 1 N–H and O–H groups in total. The molecule has 21 heavy (non-hydrogen) atoms. The summed E-state index contributed by atoms with van der Waals surface area (Å²) in [5.41, 5.74) is 3.26. The third-order valence-corrected chi connectivity index (χ3v) is 3.36. The Morgan fingerprint density at radius 3 is 2.52 bits per heavy atom. The van der Waals surface area contributed by atoms with Gasteiger partial charge in [0.05, 0.1) is 23.8 Å². The number of nitro groups is 1. The SMILES string of the molecule is CCc1ccccc1CNc1ccc([N+](=O)[O-])cc1OC. The van der Waals surface area contributed by atoms with Crippen LogP contribution in [0.3, 0.4) is 0 Å². The van der Waals surface area contributed by atoms with Gasteiger partial charge in [0.1, 0.15) is 5.75 Å². The summed E-state index contributed by atoms with van der Waals surface area (Å²) in [6.07, 6.45) is 0.968. The molecule has 0 atom stereocenters. The molecule has 0 amide bonds. The van der Waals surface area contributed by atoms with Crippen LogP contribution in [0, 0.1) is 10.1 Å². The van der Waals surface area contributed by atoms with E-state index in [-0.39, 0.29) is 5.69 Å². The molecule has 0 saturated carbocycles. The first kappa shape index (κ1) is 14.8. The Morgan fingerprint density at radius 2 is 1.90 bits per heavy atom. The molecule has 2 aromatic carbocycles. The molecule has 0 aliphatic rings. The number of hydrogen-bond acceptors (Lipinski definition) is 4. The molecule has 0 heterocycles. The van der Waals surface area contributed by atoms with Crippen LogP contribution in [-0.2, 0) is 13.0 Å². The van der Waals surface area contributed by atoms with E-state index in [9.17, 15) is 10.1 Å². The van der Waals surface area contributed by atoms with Crippen molar-refractivity contribution < 1.29 is 9.66 Å². The van der Waals surface area contributed by atoms with Gasteiger partial charge in [-0.15, -0.1) is 0 Å². The number of benzene rings is 2. The number of anilines is 1. The molecule has 0 aromatic heterocycles. The molecule has 0 fully saturated rings. The standard InChI is InChI=1S/C16H18N2O3/c1-3-12-6-4-5-7-13(12)11-17-15-9-8-14(18(19)20)10-16(15)21-2/h4-10,17H,3,11H2,1-2H3. The maximum Gasteiger partial charge on any atom is 0.273 e. The lowest BCUT2D eigenvalue weighted by Crippen LogP contribution is -2.04. The Bertz CT molecular complexity index is 641. The Hall–Kier alpha value is -2.56. The molecule has 2 rings (SSSR count). The van der Waals surface area contributed by atoms with E-state index in [4.69, 9.17) is 4.74 Å². The summed E-state index contributed by atoms with van der Waals surface area (Å²) in [5.74, 6) is 0.471. The highest BCUT2D eigenvalue weighted by atomic mass is 16.6. The molecule has 5 nitrogen and oxygen atoms in total. The van der Waals surface area contributed by atoms with Gasteiger partial charge in [0.25, 0.3) is 5.69 Å². The van der Waals surface area contributed by atoms with Gasteiger partial charge in [-0.2, -0.15) is 0 Å². The van der Waals surface area contributed by atoms with Crippen molar-refractivity contribution in [1.29, 1.82) is 0 Å². The van der Waals surface area contributed by atoms with Gasteiger partial charge in [0, 0.05) is 12.6 Å². The monoisotopic (exact) mass is 286 g/mol. The van der Waals surface area contributed by atoms with Gasteiger partial charge in [-0.1, -0.05) is 31.2 Å². The summed E-state index contributed by atoms with van der Waals surface area (Å²) < 4.78 is 5.21. The van der Waals surface area contributed by atoms with Crippen molar-refractivity contribution in [3.63, 3.8) is 0 Å². The van der Waals surface area contributed by atoms with Crippen molar-refractivity contribution in [2.24, 2.45) is 0 Å². The number of nitrogens with zero attached hydrogens (tertiary/aromatic N) is 1. The molecule has 0 spiro atoms. The van der Waals surface area contributed by atoms with Crippen molar-refractivity contribution in [3.05, 3.63) is 63.7 Å². The van der Waals surface area contributed by atoms with E-state index in [0.29, 0.717) is 12.3 Å². The highest BCUT2D eigenvalue weighted by Gasteiger charge is 2.11. The number of rotatable bonds is 6. The normalized spacial score (nSPS) is 10.2. The van der Waals surface area contributed by atoms with Crippen LogP contribution >= 0.6 is 0 Å². The zero-order chi connectivity index (χ0) is 15.2. The topological polar surface area (TPSA) is 64.4 Å². The molecule has 0 aliphatic carbocycles. The van der Waals surface area contributed by atoms with Gasteiger partial charge >= 0.3 is 0 Å². The summed E-state index contributed by atoms with van der Waals surface area (Å²) in [6.45, 7) is 2.77. The van der Waals surface area contributed by atoms with Gasteiger partial charge in [-0.25, -0.2) is 0 Å². The molecule has 0 unspecified atom stereocenters. The van der Waals surface area contributed by atoms with Crippen molar-refractivity contribution in [1.82, 2.24) is 0 Å². The third-order valence-electron chi connectivity index (χ3n) is 3.36. The summed E-state index contributed by atoms with van der Waals surface area (Å²) in [4.78, 5) is 10.3. The van der Waals surface area contributed by atoms with Crippen LogP contribution in [0.4, 0.5) is 11.4 Å². The number of nitro benzene ring substituents is 1. The number of hydrogen-bond donors (Lipinski definition) is 1. The zero-order valence-corrected chi connectivity index (χ0v) is 12.1. The van der Waals surface area contributed by atoms with E-state index in [1.165, 1.54) is 30.4 Å². The first-order valence-electron chi connectivity index (χ1n) is 6.78. The highest BCUT2D eigenvalue weighted by molar-refractivity contribution is 5.61. The van der Waals surface area contributed by atoms with E-state index < -0.39 is 4.92 Å². The number of ether oxygens (including phenoxy) is 1. The fourth-order valence-electron chi connectivity index (χ4n) is 2.20. The fraction of sp³-hybridized carbons (Fsp3) is 0.250. The van der Waals surface area contributed by atoms with Gasteiger partial charge in [-0.05, 0) is 23.6 Å². The van der Waals surface area contributed by atoms with Crippen LogP contribution < -0.4 is 10.1 Å². The molecule has 110 valence electrons. The Morgan fingerprint density at radius 1 is 1.19 bits per heavy atom. The molecule has 2 aromatic rings. The maximum atomic E-state index is 10.8. The second-order valence-electron chi connectivity index (χ2n) is 4.62. The number of methoxy groups -OCH3 is 1. The van der Waals surface area contributed by atoms with Gasteiger partial charge in [0.15, 0.2) is 0 Å². The average molecular weight is 286 g/mol. The molecule has 0 saturated heterocycles. The van der Waals surface area contributed by atoms with Crippen LogP contribution in [0.15, 0.2) is 42.5 Å². The van der Waals surface area contributed by atoms with E-state index in [1.54, 1.807) is 6.07 Å². The number of non-ortho nitro benzene ring substituents is 1. The lowest BCUT2D eigenvalue weighted by molar-refractivity contribution is -0.384. The molecule has 5 heteroatoms. The first-order valence-corrected chi connectivity index (χ1v) is 6.78. The van der Waals surface area contributed by atoms with Gasteiger partial charge in [0.2, 0.25) is 0 Å². The van der Waals surface area contributed by atoms with Crippen LogP contribution in [0.5, 0.6) is 5.75 Å². The largest absolute Gasteiger partial charge is 0.494 e. The molecule has 0 bridgehead atoms. The highest BCUT2D eigenvalue weighted by Crippen LogP contribution is 2.29. The van der Waals surface area contributed by atoms with Crippen LogP contribution in [0.25, 0.3) is 0 Å². The minimum atomic E-state index is -0.432. The second kappa shape index (κ2) is 6.74. The number of nitrogens with one attached hydrogen (secondary N) is 1. The van der Waals surface area contributed by atoms with Crippen LogP contribution in [0.2, 0.25) is 0 Å². The van der Waals surface area contributed by atoms with Crippen molar-refractivity contribution in [3.8, 4) is 5.75 Å². The van der Waals surface area contributed by atoms with Gasteiger partial charge in [-0.3, -0.25) is 10.1 Å². The Balaban J connectivity index is 2.18. The first-order chi connectivity index (χ1) is 10.2. The zero-order valence-electron chi connectivity index (χ0n) is 12.1. The van der Waals surface area contributed by atoms with Gasteiger partial charge < -0.3 is 10.1 Å². The van der Waals surface area contributed by atoms with Crippen LogP contribution in [0.1, 0.15) is 18.1 Å². The fourth-order valence-corrected chi connectivity index (χ4v) is 2.20. The van der Waals surface area contributed by atoms with Crippen molar-refractivity contribution >= 4 is 11.4 Å². The van der Waals surface area contributed by atoms with Crippen molar-refractivity contribution in [2.45, 2.75) is 19.9 Å². The molecule has 0 aliphatic heterocycles. The molecule has 0 radical (unpaired) electrons. The van der Waals surface area contributed by atoms with Crippen LogP contribution in [-0.4, -0.2) is 12.0 Å². The Kier molecular flexibility index (Phi) is 4.77. The minimum Gasteiger partial charge on any atom is -0.494 e. The third kappa shape index (κ3) is 3.51. The smallest absolute Gasteiger partial charge is 0.273 e. The summed E-state index contributed by atoms with van der Waals surface area (Å²) in [6, 6.07) is 12.8. The predicted octanol–water partition coefficient (Wildman–Crippen LogP) is 3.78. The van der Waals surface area contributed by atoms with Crippen molar-refractivity contribution in [2.75, 3.05) is 12.4 Å². The lowest BCUT2D eigenvalue weighted by Gasteiger charge is -2.13. The molecular weight excluding hydrogens is 268 g/mol. The maximum absolute atomic E-state index is 10.8. The second-order valence-corrected chi connectivity index (χ2v) is 4.62. The van der Waals surface area contributed by atoms with E-state index in [0.717, 1.165) is 12.1 Å². The summed E-state index contributed by atoms with van der Waals surface area (Å²) >= 11 is 0. The average Bonchev–Trinajstić information content (AvgIpc) is 2.52. The lowest BCUT2D eigenvalue weighted by atomic mass is 10.1. The van der Waals surface area contributed by atoms with E-state index in [2.05, 4.69) is 24.4 Å². The minimum absolute atomic E-state index is 0.0198. The van der Waals surface area contributed by atoms with E-state index >= 15 is 0 Å². The number of aryl methyl sites for hydroxylation is 1. The summed E-state index contributed by atoms with van der Waals surface area (Å²) in [5, 5.41) is 14.0. The molecular formula is C16H18N2O3. The quantitative estimate of drug-likeness (QED) is 0.648. The Labute approximate surface area is 123 Å². The van der Waals surface area contributed by atoms with E-state index in [1.807, 2.05) is 12.1 Å². The predicted molar refractivity (Wildman–Crippen MR) is 82.8 cm³/mol. The summed E-state index contributed by atoms with van der Waals surface area (Å²) in [7, 11) is 1.50.